The van der Waals surface area contributed by atoms with Crippen molar-refractivity contribution in [2.45, 2.75) is 38.8 Å². The number of benzene rings is 2. The maximum Gasteiger partial charge on any atom is 0.254 e. The fourth-order valence-corrected chi connectivity index (χ4v) is 4.04. The van der Waals surface area contributed by atoms with E-state index in [0.29, 0.717) is 6.54 Å². The minimum absolute atomic E-state index is 0.0300. The summed E-state index contributed by atoms with van der Waals surface area (Å²) in [6.45, 7) is 6.08. The van der Waals surface area contributed by atoms with Gasteiger partial charge in [-0.2, -0.15) is 0 Å². The monoisotopic (exact) mass is 441 g/mol. The molecular formula is C25H32FN3O3. The molecule has 1 aliphatic rings. The molecular weight excluding hydrogens is 409 g/mol. The first kappa shape index (κ1) is 23.7. The van der Waals surface area contributed by atoms with Crippen molar-refractivity contribution < 1.29 is 18.7 Å². The Kier molecular flexibility index (Phi) is 8.22. The summed E-state index contributed by atoms with van der Waals surface area (Å²) in [5, 5.41) is 5.72. The molecule has 172 valence electrons. The van der Waals surface area contributed by atoms with Crippen LogP contribution in [-0.4, -0.2) is 49.5 Å². The molecule has 32 heavy (non-hydrogen) atoms. The van der Waals surface area contributed by atoms with Gasteiger partial charge in [-0.15, -0.1) is 0 Å². The topological polar surface area (TPSA) is 70.7 Å². The lowest BCUT2D eigenvalue weighted by Crippen LogP contribution is -2.51. The largest absolute Gasteiger partial charge is 0.497 e. The standard InChI is InChI=1S/C25H32FN3O3/c1-17(2)23(28-24(30)20-8-4-5-9-21(20)26)25(31)27-16-22(29-14-6-7-15-29)18-10-12-19(32-3)13-11-18/h4-5,8-13,17,22-23H,6-7,14-16H2,1-3H3,(H,27,31)(H,28,30). The van der Waals surface area contributed by atoms with Gasteiger partial charge in [-0.1, -0.05) is 38.1 Å². The highest BCUT2D eigenvalue weighted by Crippen LogP contribution is 2.26. The Morgan fingerprint density at radius 1 is 1.06 bits per heavy atom. The highest BCUT2D eigenvalue weighted by atomic mass is 19.1. The zero-order chi connectivity index (χ0) is 23.1. The van der Waals surface area contributed by atoms with Crippen molar-refractivity contribution in [3.05, 3.63) is 65.5 Å². The molecule has 2 N–H and O–H groups in total. The van der Waals surface area contributed by atoms with Crippen LogP contribution in [0.25, 0.3) is 0 Å². The van der Waals surface area contributed by atoms with E-state index in [2.05, 4.69) is 15.5 Å². The molecule has 2 amide bonds. The summed E-state index contributed by atoms with van der Waals surface area (Å²) in [5.41, 5.74) is 1.03. The number of likely N-dealkylation sites (tertiary alicyclic amines) is 1. The summed E-state index contributed by atoms with van der Waals surface area (Å²) < 4.78 is 19.2. The number of carbonyl (C=O) groups is 2. The van der Waals surface area contributed by atoms with E-state index in [1.807, 2.05) is 38.1 Å². The Labute approximate surface area is 189 Å². The third kappa shape index (κ3) is 5.85. The average molecular weight is 442 g/mol. The second-order valence-electron chi connectivity index (χ2n) is 8.45. The van der Waals surface area contributed by atoms with Crippen LogP contribution in [0.4, 0.5) is 4.39 Å². The third-order valence-corrected chi connectivity index (χ3v) is 5.91. The highest BCUT2D eigenvalue weighted by Gasteiger charge is 2.28. The normalized spacial score (nSPS) is 15.9. The second kappa shape index (κ2) is 11.1. The Balaban J connectivity index is 1.69. The fourth-order valence-electron chi connectivity index (χ4n) is 4.04. The molecule has 1 fully saturated rings. The third-order valence-electron chi connectivity index (χ3n) is 5.91. The molecule has 1 heterocycles. The molecule has 0 saturated carbocycles. The van der Waals surface area contributed by atoms with Crippen molar-refractivity contribution in [3.8, 4) is 5.75 Å². The minimum atomic E-state index is -0.766. The molecule has 1 aliphatic heterocycles. The highest BCUT2D eigenvalue weighted by molar-refractivity contribution is 5.97. The number of carbonyl (C=O) groups excluding carboxylic acids is 2. The van der Waals surface area contributed by atoms with Gasteiger partial charge < -0.3 is 15.4 Å². The molecule has 0 spiro atoms. The van der Waals surface area contributed by atoms with Crippen LogP contribution in [0.15, 0.2) is 48.5 Å². The fraction of sp³-hybridized carbons (Fsp3) is 0.440. The molecule has 0 radical (unpaired) electrons. The number of nitrogens with zero attached hydrogens (tertiary/aromatic N) is 1. The van der Waals surface area contributed by atoms with E-state index in [1.54, 1.807) is 13.2 Å². The number of halogens is 1. The summed E-state index contributed by atoms with van der Waals surface area (Å²) in [7, 11) is 1.63. The molecule has 6 nitrogen and oxygen atoms in total. The SMILES string of the molecule is COc1ccc(C(CNC(=O)C(NC(=O)c2ccccc2F)C(C)C)N2CCCC2)cc1. The van der Waals surface area contributed by atoms with E-state index in [1.165, 1.54) is 18.2 Å². The summed E-state index contributed by atoms with van der Waals surface area (Å²) in [6, 6.07) is 12.9. The molecule has 2 atom stereocenters. The lowest BCUT2D eigenvalue weighted by Gasteiger charge is -2.30. The van der Waals surface area contributed by atoms with Gasteiger partial charge in [-0.05, 0) is 61.7 Å². The van der Waals surface area contributed by atoms with Crippen LogP contribution in [0.3, 0.4) is 0 Å². The van der Waals surface area contributed by atoms with Crippen molar-refractivity contribution in [1.29, 1.82) is 0 Å². The molecule has 3 rings (SSSR count). The van der Waals surface area contributed by atoms with E-state index in [0.717, 1.165) is 37.2 Å². The van der Waals surface area contributed by atoms with Crippen LogP contribution in [0, 0.1) is 11.7 Å². The van der Waals surface area contributed by atoms with Gasteiger partial charge in [-0.3, -0.25) is 14.5 Å². The summed E-state index contributed by atoms with van der Waals surface area (Å²) in [4.78, 5) is 28.0. The summed E-state index contributed by atoms with van der Waals surface area (Å²) >= 11 is 0. The number of nitrogens with one attached hydrogen (secondary N) is 2. The Morgan fingerprint density at radius 3 is 2.31 bits per heavy atom. The van der Waals surface area contributed by atoms with Gasteiger partial charge in [0.2, 0.25) is 5.91 Å². The molecule has 1 saturated heterocycles. The quantitative estimate of drug-likeness (QED) is 0.625. The van der Waals surface area contributed by atoms with E-state index in [9.17, 15) is 14.0 Å². The summed E-state index contributed by atoms with van der Waals surface area (Å²) in [6.07, 6.45) is 2.27. The predicted molar refractivity (Wildman–Crippen MR) is 122 cm³/mol. The van der Waals surface area contributed by atoms with E-state index < -0.39 is 17.8 Å². The Hall–Kier alpha value is -2.93. The van der Waals surface area contributed by atoms with E-state index in [4.69, 9.17) is 4.74 Å². The number of ether oxygens (including phenoxy) is 1. The second-order valence-corrected chi connectivity index (χ2v) is 8.45. The van der Waals surface area contributed by atoms with Gasteiger partial charge in [0.25, 0.3) is 5.91 Å². The number of hydrogen-bond donors (Lipinski definition) is 2. The molecule has 2 unspecified atom stereocenters. The van der Waals surface area contributed by atoms with Crippen LogP contribution < -0.4 is 15.4 Å². The minimum Gasteiger partial charge on any atom is -0.497 e. The van der Waals surface area contributed by atoms with Gasteiger partial charge >= 0.3 is 0 Å². The zero-order valence-electron chi connectivity index (χ0n) is 18.9. The molecule has 0 aliphatic carbocycles. The smallest absolute Gasteiger partial charge is 0.254 e. The maximum absolute atomic E-state index is 14.0. The van der Waals surface area contributed by atoms with Crippen LogP contribution in [0.2, 0.25) is 0 Å². The van der Waals surface area contributed by atoms with Crippen molar-refractivity contribution in [2.24, 2.45) is 5.92 Å². The lowest BCUT2D eigenvalue weighted by atomic mass is 10.0. The molecule has 7 heteroatoms. The zero-order valence-corrected chi connectivity index (χ0v) is 18.9. The molecule has 0 aromatic heterocycles. The Morgan fingerprint density at radius 2 is 1.72 bits per heavy atom. The van der Waals surface area contributed by atoms with Gasteiger partial charge in [0, 0.05) is 6.54 Å². The first-order valence-electron chi connectivity index (χ1n) is 11.1. The van der Waals surface area contributed by atoms with Crippen molar-refractivity contribution >= 4 is 11.8 Å². The number of rotatable bonds is 9. The van der Waals surface area contributed by atoms with Gasteiger partial charge in [0.15, 0.2) is 0 Å². The first-order valence-corrected chi connectivity index (χ1v) is 11.1. The van der Waals surface area contributed by atoms with E-state index in [-0.39, 0.29) is 23.4 Å². The van der Waals surface area contributed by atoms with Crippen LogP contribution >= 0.6 is 0 Å². The summed E-state index contributed by atoms with van der Waals surface area (Å²) in [5.74, 6) is -0.849. The Bertz CT molecular complexity index is 911. The van der Waals surface area contributed by atoms with Gasteiger partial charge in [0.1, 0.15) is 17.6 Å². The number of methoxy groups -OCH3 is 1. The first-order chi connectivity index (χ1) is 15.4. The number of amides is 2. The van der Waals surface area contributed by atoms with Crippen molar-refractivity contribution in [3.63, 3.8) is 0 Å². The maximum atomic E-state index is 14.0. The molecule has 2 aromatic carbocycles. The van der Waals surface area contributed by atoms with Crippen LogP contribution in [-0.2, 0) is 4.79 Å². The molecule has 2 aromatic rings. The molecule has 0 bridgehead atoms. The van der Waals surface area contributed by atoms with Gasteiger partial charge in [0.05, 0.1) is 18.7 Å². The lowest BCUT2D eigenvalue weighted by molar-refractivity contribution is -0.124. The van der Waals surface area contributed by atoms with E-state index >= 15 is 0 Å². The van der Waals surface area contributed by atoms with Crippen LogP contribution in [0.1, 0.15) is 48.7 Å². The van der Waals surface area contributed by atoms with Crippen molar-refractivity contribution in [2.75, 3.05) is 26.7 Å². The average Bonchev–Trinajstić information content (AvgIpc) is 3.32. The van der Waals surface area contributed by atoms with Gasteiger partial charge in [-0.25, -0.2) is 4.39 Å². The van der Waals surface area contributed by atoms with Crippen LogP contribution in [0.5, 0.6) is 5.75 Å². The number of hydrogen-bond acceptors (Lipinski definition) is 4. The van der Waals surface area contributed by atoms with Crippen molar-refractivity contribution in [1.82, 2.24) is 15.5 Å². The predicted octanol–water partition coefficient (Wildman–Crippen LogP) is 3.54.